The second-order valence-electron chi connectivity index (χ2n) is 5.28. The van der Waals surface area contributed by atoms with E-state index in [1.54, 1.807) is 36.4 Å². The Balaban J connectivity index is 1.78. The Morgan fingerprint density at radius 2 is 1.86 bits per heavy atom. The third-order valence-electron chi connectivity index (χ3n) is 3.22. The maximum atomic E-state index is 12.5. The zero-order valence-electron chi connectivity index (χ0n) is 14.3. The Kier molecular flexibility index (Phi) is 8.40. The van der Waals surface area contributed by atoms with Gasteiger partial charge in [0.1, 0.15) is 6.54 Å². The smallest absolute Gasteiger partial charge is 0.325 e. The molecule has 0 radical (unpaired) electrons. The number of carbonyl (C=O) groups excluding carboxylic acids is 3. The molecule has 0 aromatic heterocycles. The zero-order valence-corrected chi connectivity index (χ0v) is 16.7. The SMILES string of the molecule is O=C(COC(=O)CNC(=O)c1cccc(Br)c1)Nc1ccccc1SC(F)F. The fourth-order valence-corrected chi connectivity index (χ4v) is 3.03. The van der Waals surface area contributed by atoms with Crippen LogP contribution in [-0.2, 0) is 14.3 Å². The summed E-state index contributed by atoms with van der Waals surface area (Å²) in [5.74, 6) is -4.60. The summed E-state index contributed by atoms with van der Waals surface area (Å²) in [7, 11) is 0. The number of alkyl halides is 2. The fraction of sp³-hybridized carbons (Fsp3) is 0.167. The van der Waals surface area contributed by atoms with Crippen LogP contribution in [0.3, 0.4) is 0 Å². The number of esters is 1. The Bertz CT molecular complexity index is 867. The van der Waals surface area contributed by atoms with Crippen molar-refractivity contribution in [3.05, 3.63) is 58.6 Å². The normalized spacial score (nSPS) is 10.4. The van der Waals surface area contributed by atoms with E-state index >= 15 is 0 Å². The predicted molar refractivity (Wildman–Crippen MR) is 104 cm³/mol. The van der Waals surface area contributed by atoms with Gasteiger partial charge < -0.3 is 15.4 Å². The van der Waals surface area contributed by atoms with Crippen LogP contribution in [0.2, 0.25) is 0 Å². The van der Waals surface area contributed by atoms with E-state index in [0.717, 1.165) is 0 Å². The molecule has 0 spiro atoms. The highest BCUT2D eigenvalue weighted by Crippen LogP contribution is 2.31. The number of hydrogen-bond acceptors (Lipinski definition) is 5. The molecule has 0 heterocycles. The van der Waals surface area contributed by atoms with Gasteiger partial charge in [-0.15, -0.1) is 0 Å². The lowest BCUT2D eigenvalue weighted by molar-refractivity contribution is -0.146. The Labute approximate surface area is 172 Å². The maximum Gasteiger partial charge on any atom is 0.325 e. The molecule has 0 bridgehead atoms. The van der Waals surface area contributed by atoms with Crippen molar-refractivity contribution >= 4 is 51.2 Å². The molecule has 148 valence electrons. The average Bonchev–Trinajstić information content (AvgIpc) is 2.65. The van der Waals surface area contributed by atoms with Crippen LogP contribution >= 0.6 is 27.7 Å². The first kappa shape index (κ1) is 21.8. The van der Waals surface area contributed by atoms with Crippen LogP contribution in [0.5, 0.6) is 0 Å². The topological polar surface area (TPSA) is 84.5 Å². The minimum Gasteiger partial charge on any atom is -0.454 e. The molecule has 2 amide bonds. The van der Waals surface area contributed by atoms with Gasteiger partial charge in [-0.2, -0.15) is 8.78 Å². The highest BCUT2D eigenvalue weighted by molar-refractivity contribution is 9.10. The van der Waals surface area contributed by atoms with Crippen LogP contribution in [0.1, 0.15) is 10.4 Å². The van der Waals surface area contributed by atoms with E-state index in [0.29, 0.717) is 21.8 Å². The molecule has 2 rings (SSSR count). The van der Waals surface area contributed by atoms with Gasteiger partial charge in [-0.25, -0.2) is 0 Å². The largest absolute Gasteiger partial charge is 0.454 e. The number of benzene rings is 2. The maximum absolute atomic E-state index is 12.5. The van der Waals surface area contributed by atoms with Crippen LogP contribution in [0.15, 0.2) is 57.9 Å². The predicted octanol–water partition coefficient (Wildman–Crippen LogP) is 3.68. The first-order valence-electron chi connectivity index (χ1n) is 7.88. The van der Waals surface area contributed by atoms with E-state index in [9.17, 15) is 23.2 Å². The summed E-state index contributed by atoms with van der Waals surface area (Å²) in [6.45, 7) is -1.03. The third-order valence-corrected chi connectivity index (χ3v) is 4.50. The average molecular weight is 473 g/mol. The van der Waals surface area contributed by atoms with Crippen molar-refractivity contribution in [2.45, 2.75) is 10.7 Å². The lowest BCUT2D eigenvalue weighted by atomic mass is 10.2. The minimum atomic E-state index is -2.63. The molecular weight excluding hydrogens is 458 g/mol. The molecule has 28 heavy (non-hydrogen) atoms. The molecular formula is C18H15BrF2N2O4S. The van der Waals surface area contributed by atoms with Gasteiger partial charge in [0.2, 0.25) is 0 Å². The van der Waals surface area contributed by atoms with Crippen molar-refractivity contribution in [3.63, 3.8) is 0 Å². The first-order chi connectivity index (χ1) is 13.3. The molecule has 0 saturated heterocycles. The second kappa shape index (κ2) is 10.8. The molecule has 2 aromatic carbocycles. The van der Waals surface area contributed by atoms with Crippen LogP contribution in [0.25, 0.3) is 0 Å². The van der Waals surface area contributed by atoms with Gasteiger partial charge in [0.15, 0.2) is 6.61 Å². The van der Waals surface area contributed by atoms with Gasteiger partial charge in [0.25, 0.3) is 17.6 Å². The molecule has 6 nitrogen and oxygen atoms in total. The quantitative estimate of drug-likeness (QED) is 0.452. The molecule has 0 aliphatic rings. The highest BCUT2D eigenvalue weighted by Gasteiger charge is 2.14. The van der Waals surface area contributed by atoms with Gasteiger partial charge in [0, 0.05) is 14.9 Å². The number of rotatable bonds is 8. The van der Waals surface area contributed by atoms with E-state index in [1.165, 1.54) is 12.1 Å². The van der Waals surface area contributed by atoms with E-state index in [-0.39, 0.29) is 10.6 Å². The molecule has 0 fully saturated rings. The van der Waals surface area contributed by atoms with Crippen molar-refractivity contribution in [3.8, 4) is 0 Å². The second-order valence-corrected chi connectivity index (χ2v) is 7.22. The van der Waals surface area contributed by atoms with E-state index in [4.69, 9.17) is 4.74 Å². The summed E-state index contributed by atoms with van der Waals surface area (Å²) in [5, 5.41) is 4.78. The Hall–Kier alpha value is -2.46. The Morgan fingerprint density at radius 3 is 2.57 bits per heavy atom. The number of nitrogens with one attached hydrogen (secondary N) is 2. The number of carbonyl (C=O) groups is 3. The number of thioether (sulfide) groups is 1. The Morgan fingerprint density at radius 1 is 1.11 bits per heavy atom. The summed E-state index contributed by atoms with van der Waals surface area (Å²) in [6.07, 6.45) is 0. The van der Waals surface area contributed by atoms with Crippen molar-refractivity contribution in [2.24, 2.45) is 0 Å². The van der Waals surface area contributed by atoms with E-state index in [1.807, 2.05) is 0 Å². The summed E-state index contributed by atoms with van der Waals surface area (Å²) in [4.78, 5) is 35.7. The molecule has 10 heteroatoms. The number of para-hydroxylation sites is 1. The lowest BCUT2D eigenvalue weighted by Crippen LogP contribution is -2.32. The standard InChI is InChI=1S/C18H15BrF2N2O4S/c19-12-5-3-4-11(8-12)17(26)22-9-16(25)27-10-15(24)23-13-6-1-2-7-14(13)28-18(20)21/h1-8,18H,9-10H2,(H,22,26)(H,23,24). The van der Waals surface area contributed by atoms with E-state index < -0.39 is 36.7 Å². The number of ether oxygens (including phenoxy) is 1. The fourth-order valence-electron chi connectivity index (χ4n) is 2.04. The molecule has 0 aliphatic heterocycles. The number of anilines is 1. The van der Waals surface area contributed by atoms with Crippen molar-refractivity contribution in [2.75, 3.05) is 18.5 Å². The van der Waals surface area contributed by atoms with Gasteiger partial charge in [0.05, 0.1) is 5.69 Å². The monoisotopic (exact) mass is 472 g/mol. The molecule has 0 unspecified atom stereocenters. The van der Waals surface area contributed by atoms with Crippen LogP contribution in [-0.4, -0.2) is 36.7 Å². The molecule has 0 saturated carbocycles. The van der Waals surface area contributed by atoms with Crippen molar-refractivity contribution in [1.82, 2.24) is 5.32 Å². The summed E-state index contributed by atoms with van der Waals surface area (Å²) in [6, 6.07) is 12.6. The molecule has 0 atom stereocenters. The zero-order chi connectivity index (χ0) is 20.5. The van der Waals surface area contributed by atoms with E-state index in [2.05, 4.69) is 26.6 Å². The molecule has 0 aliphatic carbocycles. The van der Waals surface area contributed by atoms with Crippen LogP contribution in [0.4, 0.5) is 14.5 Å². The molecule has 2 N–H and O–H groups in total. The van der Waals surface area contributed by atoms with Gasteiger partial charge in [-0.1, -0.05) is 45.9 Å². The number of hydrogen-bond donors (Lipinski definition) is 2. The number of amides is 2. The first-order valence-corrected chi connectivity index (χ1v) is 9.55. The van der Waals surface area contributed by atoms with Crippen LogP contribution in [0, 0.1) is 0 Å². The third kappa shape index (κ3) is 7.28. The lowest BCUT2D eigenvalue weighted by Gasteiger charge is -2.11. The van der Waals surface area contributed by atoms with Gasteiger partial charge in [-0.3, -0.25) is 14.4 Å². The summed E-state index contributed by atoms with van der Waals surface area (Å²) >= 11 is 3.53. The van der Waals surface area contributed by atoms with Gasteiger partial charge >= 0.3 is 5.97 Å². The number of halogens is 3. The minimum absolute atomic E-state index is 0.191. The highest BCUT2D eigenvalue weighted by atomic mass is 79.9. The van der Waals surface area contributed by atoms with Crippen molar-refractivity contribution < 1.29 is 27.9 Å². The van der Waals surface area contributed by atoms with Crippen LogP contribution < -0.4 is 10.6 Å². The van der Waals surface area contributed by atoms with Crippen molar-refractivity contribution in [1.29, 1.82) is 0 Å². The molecule has 2 aromatic rings. The summed E-state index contributed by atoms with van der Waals surface area (Å²) < 4.78 is 30.6. The summed E-state index contributed by atoms with van der Waals surface area (Å²) in [5.41, 5.74) is 0.546. The van der Waals surface area contributed by atoms with Gasteiger partial charge in [-0.05, 0) is 30.3 Å².